The Kier molecular flexibility index (Phi) is 3.96. The summed E-state index contributed by atoms with van der Waals surface area (Å²) in [4.78, 5) is 16.4. The van der Waals surface area contributed by atoms with E-state index < -0.39 is 0 Å². The topological polar surface area (TPSA) is 75.6 Å². The molecular weight excluding hydrogens is 333 g/mol. The first kappa shape index (κ1) is 16.0. The minimum absolute atomic E-state index is 0.208. The molecule has 130 valence electrons. The summed E-state index contributed by atoms with van der Waals surface area (Å²) >= 11 is 0. The molecule has 2 N–H and O–H groups in total. The number of halogens is 1. The summed E-state index contributed by atoms with van der Waals surface area (Å²) in [5.41, 5.74) is 3.25. The highest BCUT2D eigenvalue weighted by Crippen LogP contribution is 2.18. The minimum Gasteiger partial charge on any atom is -0.347 e. The summed E-state index contributed by atoms with van der Waals surface area (Å²) in [6.07, 6.45) is 4.79. The Morgan fingerprint density at radius 2 is 2.15 bits per heavy atom. The van der Waals surface area contributed by atoms with E-state index in [0.29, 0.717) is 16.9 Å². The van der Waals surface area contributed by atoms with Crippen molar-refractivity contribution in [1.29, 1.82) is 0 Å². The summed E-state index contributed by atoms with van der Waals surface area (Å²) in [5.74, 6) is -0.684. The quantitative estimate of drug-likeness (QED) is 0.594. The molecular formula is C19H16FN5O. The summed E-state index contributed by atoms with van der Waals surface area (Å²) in [6.45, 7) is 2.17. The molecule has 26 heavy (non-hydrogen) atoms. The van der Waals surface area contributed by atoms with Crippen molar-refractivity contribution < 1.29 is 9.18 Å². The molecule has 0 atom stereocenters. The van der Waals surface area contributed by atoms with Crippen molar-refractivity contribution in [3.63, 3.8) is 0 Å². The van der Waals surface area contributed by atoms with Gasteiger partial charge in [0.25, 0.3) is 5.91 Å². The van der Waals surface area contributed by atoms with E-state index in [1.165, 1.54) is 12.4 Å². The van der Waals surface area contributed by atoms with Gasteiger partial charge in [0.05, 0.1) is 17.5 Å². The molecule has 0 bridgehead atoms. The van der Waals surface area contributed by atoms with Gasteiger partial charge in [0.2, 0.25) is 0 Å². The van der Waals surface area contributed by atoms with Gasteiger partial charge in [-0.25, -0.2) is 9.37 Å². The number of nitrogens with zero attached hydrogens (tertiary/aromatic N) is 3. The maximum atomic E-state index is 14.3. The third kappa shape index (κ3) is 2.95. The van der Waals surface area contributed by atoms with E-state index in [-0.39, 0.29) is 18.3 Å². The molecule has 1 amide bonds. The van der Waals surface area contributed by atoms with Crippen molar-refractivity contribution in [2.24, 2.45) is 0 Å². The van der Waals surface area contributed by atoms with E-state index in [1.807, 2.05) is 25.1 Å². The van der Waals surface area contributed by atoms with Crippen LogP contribution in [-0.2, 0) is 6.54 Å². The van der Waals surface area contributed by atoms with Crippen LogP contribution >= 0.6 is 0 Å². The van der Waals surface area contributed by atoms with Gasteiger partial charge in [-0.3, -0.25) is 9.89 Å². The zero-order chi connectivity index (χ0) is 18.1. The first-order valence-electron chi connectivity index (χ1n) is 8.11. The lowest BCUT2D eigenvalue weighted by Gasteiger charge is -2.08. The van der Waals surface area contributed by atoms with Gasteiger partial charge in [0, 0.05) is 24.3 Å². The van der Waals surface area contributed by atoms with E-state index >= 15 is 0 Å². The molecule has 2 heterocycles. The minimum atomic E-state index is -0.379. The van der Waals surface area contributed by atoms with E-state index in [2.05, 4.69) is 20.5 Å². The molecule has 4 rings (SSSR count). The van der Waals surface area contributed by atoms with Crippen molar-refractivity contribution in [2.75, 3.05) is 0 Å². The SMILES string of the molecule is Cc1ccc2[nH]nc(C(=O)NCc3ccc(-n4ccnc4)c(F)c3)c2c1. The second kappa shape index (κ2) is 6.44. The Balaban J connectivity index is 1.50. The molecule has 2 aromatic heterocycles. The van der Waals surface area contributed by atoms with Gasteiger partial charge in [-0.1, -0.05) is 17.7 Å². The maximum Gasteiger partial charge on any atom is 0.272 e. The number of nitrogens with one attached hydrogen (secondary N) is 2. The summed E-state index contributed by atoms with van der Waals surface area (Å²) < 4.78 is 15.9. The molecule has 0 fully saturated rings. The van der Waals surface area contributed by atoms with Crippen molar-refractivity contribution in [2.45, 2.75) is 13.5 Å². The third-order valence-electron chi connectivity index (χ3n) is 4.18. The van der Waals surface area contributed by atoms with E-state index in [9.17, 15) is 9.18 Å². The number of carbonyl (C=O) groups excluding carboxylic acids is 1. The van der Waals surface area contributed by atoms with E-state index in [1.54, 1.807) is 29.1 Å². The smallest absolute Gasteiger partial charge is 0.272 e. The van der Waals surface area contributed by atoms with Crippen LogP contribution in [-0.4, -0.2) is 25.7 Å². The van der Waals surface area contributed by atoms with E-state index in [4.69, 9.17) is 0 Å². The standard InChI is InChI=1S/C19H16FN5O/c1-12-2-4-16-14(8-12)18(24-23-16)19(26)22-10-13-3-5-17(15(20)9-13)25-7-6-21-11-25/h2-9,11H,10H2,1H3,(H,22,26)(H,23,24). The molecule has 0 radical (unpaired) electrons. The van der Waals surface area contributed by atoms with Crippen LogP contribution in [0.1, 0.15) is 21.6 Å². The summed E-state index contributed by atoms with van der Waals surface area (Å²) in [5, 5.41) is 10.5. The van der Waals surface area contributed by atoms with Gasteiger partial charge >= 0.3 is 0 Å². The normalized spacial score (nSPS) is 11.0. The number of aryl methyl sites for hydroxylation is 1. The summed E-state index contributed by atoms with van der Waals surface area (Å²) in [7, 11) is 0. The Morgan fingerprint density at radius 3 is 2.92 bits per heavy atom. The first-order chi connectivity index (χ1) is 12.6. The Hall–Kier alpha value is -3.48. The molecule has 2 aromatic carbocycles. The van der Waals surface area contributed by atoms with Gasteiger partial charge < -0.3 is 9.88 Å². The first-order valence-corrected chi connectivity index (χ1v) is 8.11. The molecule has 4 aromatic rings. The predicted octanol–water partition coefficient (Wildman–Crippen LogP) is 3.13. The number of amides is 1. The van der Waals surface area contributed by atoms with Crippen molar-refractivity contribution in [3.05, 3.63) is 77.8 Å². The number of aromatic amines is 1. The van der Waals surface area contributed by atoms with Gasteiger partial charge in [-0.05, 0) is 36.8 Å². The largest absolute Gasteiger partial charge is 0.347 e. The van der Waals surface area contributed by atoms with Crippen LogP contribution in [0.25, 0.3) is 16.6 Å². The van der Waals surface area contributed by atoms with Gasteiger partial charge in [-0.2, -0.15) is 5.10 Å². The average Bonchev–Trinajstić information content (AvgIpc) is 3.29. The molecule has 0 spiro atoms. The van der Waals surface area contributed by atoms with Crippen LogP contribution in [0.4, 0.5) is 4.39 Å². The molecule has 0 aliphatic heterocycles. The molecule has 0 aliphatic carbocycles. The molecule has 0 aliphatic rings. The molecule has 7 heteroatoms. The highest BCUT2D eigenvalue weighted by molar-refractivity contribution is 6.04. The number of hydrogen-bond acceptors (Lipinski definition) is 3. The van der Waals surface area contributed by atoms with Gasteiger partial charge in [-0.15, -0.1) is 0 Å². The number of hydrogen-bond donors (Lipinski definition) is 2. The Labute approximate surface area is 148 Å². The zero-order valence-electron chi connectivity index (χ0n) is 14.0. The maximum absolute atomic E-state index is 14.3. The zero-order valence-corrected chi connectivity index (χ0v) is 14.0. The highest BCUT2D eigenvalue weighted by atomic mass is 19.1. The molecule has 0 saturated heterocycles. The highest BCUT2D eigenvalue weighted by Gasteiger charge is 2.14. The number of benzene rings is 2. The fourth-order valence-electron chi connectivity index (χ4n) is 2.84. The van der Waals surface area contributed by atoms with Crippen LogP contribution < -0.4 is 5.32 Å². The monoisotopic (exact) mass is 349 g/mol. The van der Waals surface area contributed by atoms with Crippen LogP contribution in [0.3, 0.4) is 0 Å². The van der Waals surface area contributed by atoms with Gasteiger partial charge in [0.1, 0.15) is 5.82 Å². The van der Waals surface area contributed by atoms with Crippen molar-refractivity contribution in [1.82, 2.24) is 25.1 Å². The van der Waals surface area contributed by atoms with Crippen LogP contribution in [0.2, 0.25) is 0 Å². The number of fused-ring (bicyclic) bond motifs is 1. The van der Waals surface area contributed by atoms with E-state index in [0.717, 1.165) is 16.5 Å². The second-order valence-electron chi connectivity index (χ2n) is 6.06. The lowest BCUT2D eigenvalue weighted by molar-refractivity contribution is 0.0947. The molecule has 6 nitrogen and oxygen atoms in total. The van der Waals surface area contributed by atoms with Crippen molar-refractivity contribution >= 4 is 16.8 Å². The summed E-state index contributed by atoms with van der Waals surface area (Å²) in [6, 6.07) is 10.6. The number of carbonyl (C=O) groups is 1. The van der Waals surface area contributed by atoms with Crippen molar-refractivity contribution in [3.8, 4) is 5.69 Å². The Morgan fingerprint density at radius 1 is 1.27 bits per heavy atom. The van der Waals surface area contributed by atoms with Crippen LogP contribution in [0, 0.1) is 12.7 Å². The number of imidazole rings is 1. The molecule has 0 unspecified atom stereocenters. The fraction of sp³-hybridized carbons (Fsp3) is 0.105. The molecule has 0 saturated carbocycles. The third-order valence-corrected chi connectivity index (χ3v) is 4.18. The van der Waals surface area contributed by atoms with Crippen LogP contribution in [0.5, 0.6) is 0 Å². The number of aromatic nitrogens is 4. The second-order valence-corrected chi connectivity index (χ2v) is 6.06. The van der Waals surface area contributed by atoms with Crippen LogP contribution in [0.15, 0.2) is 55.1 Å². The van der Waals surface area contributed by atoms with Gasteiger partial charge in [0.15, 0.2) is 5.69 Å². The lowest BCUT2D eigenvalue weighted by Crippen LogP contribution is -2.23. The number of rotatable bonds is 4. The lowest BCUT2D eigenvalue weighted by atomic mass is 10.1. The average molecular weight is 349 g/mol. The Bertz CT molecular complexity index is 1080. The predicted molar refractivity (Wildman–Crippen MR) is 95.5 cm³/mol. The number of H-pyrrole nitrogens is 1. The fourth-order valence-corrected chi connectivity index (χ4v) is 2.84.